The smallest absolute Gasteiger partial charge is 0.396 e. The Balaban J connectivity index is 4.21. The number of aliphatic hydroxyl groups excluding tert-OH is 1. The zero-order valence-electron chi connectivity index (χ0n) is 27.8. The van der Waals surface area contributed by atoms with Crippen LogP contribution >= 0.6 is 7.82 Å². The average molecular weight is 624 g/mol. The van der Waals surface area contributed by atoms with Crippen molar-refractivity contribution in [3.63, 3.8) is 0 Å². The summed E-state index contributed by atoms with van der Waals surface area (Å²) in [6.45, 7) is 3.79. The summed E-state index contributed by atoms with van der Waals surface area (Å²) < 4.78 is 29.1. The van der Waals surface area contributed by atoms with Crippen LogP contribution in [0.5, 0.6) is 0 Å². The highest BCUT2D eigenvalue weighted by molar-refractivity contribution is 7.47. The average Bonchev–Trinajstić information content (AvgIpc) is 2.92. The summed E-state index contributed by atoms with van der Waals surface area (Å²) in [7, 11) is 1.69. The zero-order chi connectivity index (χ0) is 31.4. The van der Waals surface area contributed by atoms with Crippen LogP contribution in [0, 0.1) is 0 Å². The lowest BCUT2D eigenvalue weighted by Crippen LogP contribution is -2.41. The number of nitrogens with zero attached hydrogens (tertiary/aromatic N) is 1. The summed E-state index contributed by atoms with van der Waals surface area (Å²) in [6, 6.07) is -0.527. The third-order valence-corrected chi connectivity index (χ3v) is 8.33. The number of quaternary nitrogens is 1. The van der Waals surface area contributed by atoms with Crippen molar-refractivity contribution >= 4 is 13.7 Å². The summed E-state index contributed by atoms with van der Waals surface area (Å²) in [4.78, 5) is 22.6. The fourth-order valence-corrected chi connectivity index (χ4v) is 5.39. The van der Waals surface area contributed by atoms with E-state index in [1.165, 1.54) is 77.0 Å². The summed E-state index contributed by atoms with van der Waals surface area (Å²) in [5.41, 5.74) is 0. The highest BCUT2D eigenvalue weighted by Crippen LogP contribution is 2.43. The highest BCUT2D eigenvalue weighted by atomic mass is 31.2. The highest BCUT2D eigenvalue weighted by Gasteiger charge is 2.25. The van der Waals surface area contributed by atoms with Crippen molar-refractivity contribution in [1.29, 1.82) is 0 Å². The van der Waals surface area contributed by atoms with Crippen molar-refractivity contribution in [2.45, 2.75) is 141 Å². The van der Waals surface area contributed by atoms with Crippen LogP contribution in [0.2, 0.25) is 0 Å². The largest absolute Gasteiger partial charge is 0.472 e. The molecule has 0 aromatic carbocycles. The molecule has 2 atom stereocenters. The second-order valence-corrected chi connectivity index (χ2v) is 14.2. The van der Waals surface area contributed by atoms with Crippen LogP contribution in [0.4, 0.5) is 0 Å². The van der Waals surface area contributed by atoms with E-state index in [1.807, 2.05) is 21.1 Å². The number of phosphoric acid groups is 1. The van der Waals surface area contributed by atoms with E-state index < -0.39 is 13.9 Å². The van der Waals surface area contributed by atoms with Gasteiger partial charge in [-0.15, -0.1) is 0 Å². The number of likely N-dealkylation sites (N-methyl/N-ethyl adjacent to an activating group) is 1. The van der Waals surface area contributed by atoms with Gasteiger partial charge in [-0.2, -0.15) is 0 Å². The maximum atomic E-state index is 12.5. The van der Waals surface area contributed by atoms with E-state index in [9.17, 15) is 14.3 Å². The molecule has 2 unspecified atom stereocenters. The summed E-state index contributed by atoms with van der Waals surface area (Å²) >= 11 is 0. The molecule has 0 aliphatic carbocycles. The Morgan fingerprint density at radius 2 is 1.21 bits per heavy atom. The first-order valence-electron chi connectivity index (χ1n) is 17.0. The van der Waals surface area contributed by atoms with Gasteiger partial charge in [-0.3, -0.25) is 13.8 Å². The molecule has 1 amide bonds. The molecule has 0 aromatic rings. The first kappa shape index (κ1) is 41.5. The molecule has 9 nitrogen and oxygen atoms in total. The normalized spacial score (nSPS) is 14.1. The Hall–Kier alpha value is -0.540. The minimum atomic E-state index is -4.23. The fraction of sp³-hybridized carbons (Fsp3) is 0.969. The third kappa shape index (κ3) is 30.9. The molecule has 3 N–H and O–H groups in total. The maximum absolute atomic E-state index is 12.5. The molecule has 0 rings (SSSR count). The first-order chi connectivity index (χ1) is 20.1. The van der Waals surface area contributed by atoms with Crippen molar-refractivity contribution in [1.82, 2.24) is 5.32 Å². The van der Waals surface area contributed by atoms with Gasteiger partial charge in [0.2, 0.25) is 5.91 Å². The summed E-state index contributed by atoms with van der Waals surface area (Å²) in [6.07, 6.45) is 23.0. The van der Waals surface area contributed by atoms with Gasteiger partial charge in [-0.05, 0) is 19.3 Å². The molecule has 0 bridgehead atoms. The number of carbonyl (C=O) groups excluding carboxylic acids is 1. The molecule has 0 spiro atoms. The van der Waals surface area contributed by atoms with Gasteiger partial charge in [0.15, 0.2) is 0 Å². The Bertz CT molecular complexity index is 661. The van der Waals surface area contributed by atoms with E-state index in [1.54, 1.807) is 0 Å². The van der Waals surface area contributed by atoms with Gasteiger partial charge in [0.25, 0.3) is 0 Å². The Labute approximate surface area is 258 Å². The van der Waals surface area contributed by atoms with E-state index in [0.29, 0.717) is 24.1 Å². The Morgan fingerprint density at radius 3 is 1.74 bits per heavy atom. The second kappa shape index (κ2) is 28.0. The number of aliphatic hydroxyl groups is 1. The molecule has 0 saturated carbocycles. The van der Waals surface area contributed by atoms with E-state index in [-0.39, 0.29) is 32.3 Å². The van der Waals surface area contributed by atoms with Crippen molar-refractivity contribution in [2.24, 2.45) is 0 Å². The molecule has 0 aliphatic rings. The van der Waals surface area contributed by atoms with Crippen molar-refractivity contribution < 1.29 is 37.6 Å². The predicted molar refractivity (Wildman–Crippen MR) is 172 cm³/mol. The Kier molecular flexibility index (Phi) is 27.6. The van der Waals surface area contributed by atoms with Crippen LogP contribution in [-0.4, -0.2) is 87.2 Å². The summed E-state index contributed by atoms with van der Waals surface area (Å²) in [5.74, 6) is -0.121. The second-order valence-electron chi connectivity index (χ2n) is 12.8. The quantitative estimate of drug-likeness (QED) is 0.0415. The SMILES string of the molecule is CCCCCCCCCCCCCCCCOCC(COP(=O)(O)OCC[N+](C)(C)C)NC(=O)CCCCCCCO. The van der Waals surface area contributed by atoms with E-state index in [0.717, 1.165) is 44.9 Å². The molecule has 0 fully saturated rings. The fourth-order valence-electron chi connectivity index (χ4n) is 4.63. The number of nitrogens with one attached hydrogen (secondary N) is 1. The number of carbonyl (C=O) groups is 1. The molecule has 0 aliphatic heterocycles. The number of rotatable bonds is 32. The van der Waals surface area contributed by atoms with Gasteiger partial charge in [0, 0.05) is 19.6 Å². The molecule has 0 saturated heterocycles. The lowest BCUT2D eigenvalue weighted by molar-refractivity contribution is -0.870. The minimum absolute atomic E-state index is 0.0974. The van der Waals surface area contributed by atoms with Gasteiger partial charge in [-0.1, -0.05) is 110 Å². The van der Waals surface area contributed by atoms with Crippen LogP contribution in [0.15, 0.2) is 0 Å². The minimum Gasteiger partial charge on any atom is -0.396 e. The lowest BCUT2D eigenvalue weighted by atomic mass is 10.0. The van der Waals surface area contributed by atoms with E-state index >= 15 is 0 Å². The number of phosphoric ester groups is 1. The maximum Gasteiger partial charge on any atom is 0.472 e. The molecule has 0 radical (unpaired) electrons. The van der Waals surface area contributed by atoms with E-state index in [2.05, 4.69) is 12.2 Å². The van der Waals surface area contributed by atoms with Crippen molar-refractivity contribution in [3.05, 3.63) is 0 Å². The van der Waals surface area contributed by atoms with Gasteiger partial charge < -0.3 is 24.5 Å². The Morgan fingerprint density at radius 1 is 0.714 bits per heavy atom. The third-order valence-electron chi connectivity index (χ3n) is 7.34. The zero-order valence-corrected chi connectivity index (χ0v) is 28.7. The van der Waals surface area contributed by atoms with Crippen LogP contribution in [0.1, 0.15) is 135 Å². The summed E-state index contributed by atoms with van der Waals surface area (Å²) in [5, 5.41) is 11.8. The van der Waals surface area contributed by atoms with Gasteiger partial charge in [0.05, 0.1) is 40.4 Å². The number of hydrogen-bond donors (Lipinski definition) is 3. The van der Waals surface area contributed by atoms with Crippen LogP contribution in [-0.2, 0) is 23.1 Å². The molecular weight excluding hydrogens is 555 g/mol. The van der Waals surface area contributed by atoms with Crippen LogP contribution in [0.25, 0.3) is 0 Å². The number of ether oxygens (including phenoxy) is 1. The standard InChI is InChI=1S/C32H67N2O7P/c1-5-6-7-8-9-10-11-12-13-14-15-16-20-23-27-39-29-31(33-32(36)24-21-18-17-19-22-26-35)30-41-42(37,38)40-28-25-34(2,3)4/h31,35H,5-30H2,1-4H3,(H-,33,36,37,38)/p+1. The predicted octanol–water partition coefficient (Wildman–Crippen LogP) is 7.14. The van der Waals surface area contributed by atoms with Crippen LogP contribution < -0.4 is 5.32 Å². The van der Waals surface area contributed by atoms with Gasteiger partial charge in [-0.25, -0.2) is 4.57 Å². The van der Waals surface area contributed by atoms with Crippen molar-refractivity contribution in [2.75, 3.05) is 60.7 Å². The first-order valence-corrected chi connectivity index (χ1v) is 18.5. The monoisotopic (exact) mass is 623 g/mol. The molecule has 0 heterocycles. The number of amides is 1. The molecular formula is C32H68N2O7P+. The topological polar surface area (TPSA) is 114 Å². The lowest BCUT2D eigenvalue weighted by Gasteiger charge is -2.24. The number of hydrogen-bond acceptors (Lipinski definition) is 6. The van der Waals surface area contributed by atoms with Crippen molar-refractivity contribution in [3.8, 4) is 0 Å². The number of unbranched alkanes of at least 4 members (excludes halogenated alkanes) is 17. The molecule has 42 heavy (non-hydrogen) atoms. The van der Waals surface area contributed by atoms with Gasteiger partial charge >= 0.3 is 7.82 Å². The van der Waals surface area contributed by atoms with Crippen LogP contribution in [0.3, 0.4) is 0 Å². The molecule has 0 aromatic heterocycles. The molecule has 10 heteroatoms. The van der Waals surface area contributed by atoms with Gasteiger partial charge in [0.1, 0.15) is 13.2 Å². The molecule has 252 valence electrons. The van der Waals surface area contributed by atoms with E-state index in [4.69, 9.17) is 18.9 Å².